The van der Waals surface area contributed by atoms with E-state index in [-0.39, 0.29) is 22.7 Å². The first kappa shape index (κ1) is 27.9. The monoisotopic (exact) mass is 612 g/mol. The van der Waals surface area contributed by atoms with Gasteiger partial charge in [0.25, 0.3) is 0 Å². The van der Waals surface area contributed by atoms with E-state index in [1.165, 1.54) is 12.1 Å². The fourth-order valence-electron chi connectivity index (χ4n) is 6.22. The summed E-state index contributed by atoms with van der Waals surface area (Å²) in [5.74, 6) is 1.40. The van der Waals surface area contributed by atoms with Crippen molar-refractivity contribution in [3.8, 4) is 0 Å². The predicted molar refractivity (Wildman–Crippen MR) is 158 cm³/mol. The van der Waals surface area contributed by atoms with Crippen LogP contribution >= 0.6 is 15.9 Å². The molecule has 0 radical (unpaired) electrons. The van der Waals surface area contributed by atoms with Gasteiger partial charge in [-0.2, -0.15) is 0 Å². The highest BCUT2D eigenvalue weighted by atomic mass is 79.9. The minimum absolute atomic E-state index is 0.0390. The largest absolute Gasteiger partial charge is 0.495 e. The molecule has 0 aliphatic carbocycles. The Morgan fingerprint density at radius 3 is 1.68 bits per heavy atom. The number of halogens is 3. The quantitative estimate of drug-likeness (QED) is 0.223. The van der Waals surface area contributed by atoms with Gasteiger partial charge in [-0.3, -0.25) is 0 Å². The summed E-state index contributed by atoms with van der Waals surface area (Å²) < 4.78 is 45.7. The van der Waals surface area contributed by atoms with Gasteiger partial charge in [-0.25, -0.2) is 18.7 Å². The molecule has 5 heterocycles. The van der Waals surface area contributed by atoms with E-state index in [1.807, 2.05) is 39.8 Å². The summed E-state index contributed by atoms with van der Waals surface area (Å²) in [4.78, 5) is 8.92. The Labute approximate surface area is 242 Å². The van der Waals surface area contributed by atoms with Gasteiger partial charge in [0, 0.05) is 28.4 Å². The Morgan fingerprint density at radius 2 is 1.18 bits per heavy atom. The van der Waals surface area contributed by atoms with Crippen LogP contribution in [0.5, 0.6) is 0 Å². The van der Waals surface area contributed by atoms with E-state index in [9.17, 15) is 8.78 Å². The minimum atomic E-state index is -0.565. The molecular formula is C30H36BBrF2N4O2. The summed E-state index contributed by atoms with van der Waals surface area (Å²) in [5.41, 5.74) is 2.47. The number of rotatable bonds is 1. The lowest BCUT2D eigenvalue weighted by molar-refractivity contribution is 0.00578. The maximum Gasteiger partial charge on any atom is 0.495 e. The van der Waals surface area contributed by atoms with E-state index in [4.69, 9.17) is 9.31 Å². The lowest BCUT2D eigenvalue weighted by Crippen LogP contribution is -2.41. The molecular weight excluding hydrogens is 577 g/mol. The van der Waals surface area contributed by atoms with E-state index in [1.54, 1.807) is 0 Å². The van der Waals surface area contributed by atoms with Crippen LogP contribution < -0.4 is 5.46 Å². The Bertz CT molecular complexity index is 1660. The van der Waals surface area contributed by atoms with Crippen molar-refractivity contribution >= 4 is 50.6 Å². The molecule has 3 aliphatic heterocycles. The number of aryl methyl sites for hydroxylation is 2. The van der Waals surface area contributed by atoms with E-state index in [0.29, 0.717) is 16.5 Å². The molecule has 4 aromatic rings. The maximum absolute atomic E-state index is 14.7. The van der Waals surface area contributed by atoms with E-state index in [0.717, 1.165) is 52.8 Å². The molecule has 6 nitrogen and oxygen atoms in total. The molecule has 7 rings (SSSR count). The van der Waals surface area contributed by atoms with Crippen LogP contribution in [0.15, 0.2) is 28.7 Å². The van der Waals surface area contributed by atoms with Gasteiger partial charge in [-0.05, 0) is 98.0 Å². The first-order valence-electron chi connectivity index (χ1n) is 13.9. The number of hydrogen-bond donors (Lipinski definition) is 0. The molecule has 212 valence electrons. The Morgan fingerprint density at radius 1 is 0.725 bits per heavy atom. The van der Waals surface area contributed by atoms with Crippen molar-refractivity contribution in [2.75, 3.05) is 0 Å². The molecule has 0 saturated carbocycles. The highest BCUT2D eigenvalue weighted by molar-refractivity contribution is 9.10. The van der Waals surface area contributed by atoms with Gasteiger partial charge in [-0.15, -0.1) is 0 Å². The molecule has 3 aliphatic rings. The SMILES string of the molecule is CC1(C)CCc2nc3c(F)cc(B4OC(C)(C)C(C)(C)O4)cc3n21.CC1(C)CCc2nc3c(F)cc(Br)cc3n21. The van der Waals surface area contributed by atoms with E-state index < -0.39 is 18.3 Å². The average molecular weight is 613 g/mol. The summed E-state index contributed by atoms with van der Waals surface area (Å²) >= 11 is 3.33. The lowest BCUT2D eigenvalue weighted by atomic mass is 9.79. The van der Waals surface area contributed by atoms with Crippen LogP contribution in [-0.2, 0) is 33.2 Å². The van der Waals surface area contributed by atoms with Gasteiger partial charge in [-0.1, -0.05) is 15.9 Å². The Balaban J connectivity index is 0.000000157. The van der Waals surface area contributed by atoms with Crippen LogP contribution in [-0.4, -0.2) is 37.4 Å². The summed E-state index contributed by atoms with van der Waals surface area (Å²) in [7, 11) is -0.565. The van der Waals surface area contributed by atoms with Crippen molar-refractivity contribution in [3.05, 3.63) is 52.0 Å². The van der Waals surface area contributed by atoms with Crippen LogP contribution in [0, 0.1) is 11.6 Å². The van der Waals surface area contributed by atoms with Gasteiger partial charge in [0.1, 0.15) is 22.7 Å². The van der Waals surface area contributed by atoms with Crippen molar-refractivity contribution in [2.45, 2.75) is 103 Å². The second-order valence-electron chi connectivity index (χ2n) is 13.6. The average Bonchev–Trinajstić information content (AvgIpc) is 3.58. The van der Waals surface area contributed by atoms with Gasteiger partial charge in [0.05, 0.1) is 22.2 Å². The fourth-order valence-corrected chi connectivity index (χ4v) is 6.63. The van der Waals surface area contributed by atoms with Crippen molar-refractivity contribution in [3.63, 3.8) is 0 Å². The Hall–Kier alpha value is -2.30. The zero-order chi connectivity index (χ0) is 29.0. The fraction of sp³-hybridized carbons (Fsp3) is 0.533. The molecule has 0 N–H and O–H groups in total. The third-order valence-corrected chi connectivity index (χ3v) is 9.67. The van der Waals surface area contributed by atoms with Gasteiger partial charge in [0.2, 0.25) is 0 Å². The molecule has 0 amide bonds. The standard InChI is InChI=1S/C18H24BFN2O2.C12H12BrFN2/c1-16(2)8-7-14-21-15-12(20)9-11(10-13(15)22(14)16)19-23-17(3,4)18(5,6)24-19;1-12(2)4-3-10-15-11-8(14)5-7(13)6-9(11)16(10)12/h9-10H,7-8H2,1-6H3;5-6H,3-4H2,1-2H3. The molecule has 0 spiro atoms. The molecule has 0 unspecified atom stereocenters. The molecule has 40 heavy (non-hydrogen) atoms. The zero-order valence-corrected chi connectivity index (χ0v) is 26.0. The third-order valence-electron chi connectivity index (χ3n) is 9.21. The number of aromatic nitrogens is 4. The third kappa shape index (κ3) is 4.24. The Kier molecular flexibility index (Phi) is 6.16. The van der Waals surface area contributed by atoms with Gasteiger partial charge in [0.15, 0.2) is 11.6 Å². The lowest BCUT2D eigenvalue weighted by Gasteiger charge is -2.32. The van der Waals surface area contributed by atoms with Crippen molar-refractivity contribution in [2.24, 2.45) is 0 Å². The molecule has 0 bridgehead atoms. The molecule has 0 atom stereocenters. The first-order valence-corrected chi connectivity index (χ1v) is 14.7. The van der Waals surface area contributed by atoms with Crippen LogP contribution in [0.25, 0.3) is 22.1 Å². The van der Waals surface area contributed by atoms with E-state index in [2.05, 4.69) is 62.7 Å². The van der Waals surface area contributed by atoms with Crippen LogP contribution in [0.3, 0.4) is 0 Å². The predicted octanol–water partition coefficient (Wildman–Crippen LogP) is 6.78. The van der Waals surface area contributed by atoms with Crippen molar-refractivity contribution in [1.29, 1.82) is 0 Å². The molecule has 1 fully saturated rings. The van der Waals surface area contributed by atoms with Crippen molar-refractivity contribution in [1.82, 2.24) is 19.1 Å². The second-order valence-corrected chi connectivity index (χ2v) is 14.5. The summed E-state index contributed by atoms with van der Waals surface area (Å²) in [6.45, 7) is 16.7. The second kappa shape index (κ2) is 8.85. The maximum atomic E-state index is 14.7. The van der Waals surface area contributed by atoms with Crippen molar-refractivity contribution < 1.29 is 18.1 Å². The topological polar surface area (TPSA) is 54.1 Å². The van der Waals surface area contributed by atoms with Gasteiger partial charge >= 0.3 is 7.12 Å². The number of hydrogen-bond acceptors (Lipinski definition) is 4. The normalized spacial score (nSPS) is 21.5. The number of benzene rings is 2. The summed E-state index contributed by atoms with van der Waals surface area (Å²) in [6, 6.07) is 6.89. The number of imidazole rings is 2. The highest BCUT2D eigenvalue weighted by Gasteiger charge is 2.52. The smallest absolute Gasteiger partial charge is 0.399 e. The summed E-state index contributed by atoms with van der Waals surface area (Å²) in [5, 5.41) is 0. The summed E-state index contributed by atoms with van der Waals surface area (Å²) in [6.07, 6.45) is 3.90. The highest BCUT2D eigenvalue weighted by Crippen LogP contribution is 2.39. The van der Waals surface area contributed by atoms with Crippen LogP contribution in [0.4, 0.5) is 8.78 Å². The van der Waals surface area contributed by atoms with Crippen LogP contribution in [0.2, 0.25) is 0 Å². The molecule has 2 aromatic heterocycles. The van der Waals surface area contributed by atoms with E-state index >= 15 is 0 Å². The minimum Gasteiger partial charge on any atom is -0.399 e. The molecule has 2 aromatic carbocycles. The molecule has 1 saturated heterocycles. The van der Waals surface area contributed by atoms with Crippen LogP contribution in [0.1, 0.15) is 79.9 Å². The van der Waals surface area contributed by atoms with Gasteiger partial charge < -0.3 is 18.4 Å². The number of nitrogens with zero attached hydrogens (tertiary/aromatic N) is 4. The zero-order valence-electron chi connectivity index (χ0n) is 24.5. The first-order chi connectivity index (χ1) is 18.5. The molecule has 10 heteroatoms. The number of fused-ring (bicyclic) bond motifs is 6.